The van der Waals surface area contributed by atoms with Crippen LogP contribution in [0.15, 0.2) is 24.8 Å². The summed E-state index contributed by atoms with van der Waals surface area (Å²) in [6.07, 6.45) is 8.09. The van der Waals surface area contributed by atoms with Crippen LogP contribution in [0.5, 0.6) is 0 Å². The molecule has 0 aliphatic heterocycles. The smallest absolute Gasteiger partial charge is 0.222 e. The molecule has 0 aliphatic carbocycles. The molecule has 0 spiro atoms. The van der Waals surface area contributed by atoms with Crippen molar-refractivity contribution in [1.82, 2.24) is 23.8 Å². The number of imidazole rings is 1. The fraction of sp³-hybridized carbons (Fsp3) is 0.500. The van der Waals surface area contributed by atoms with E-state index >= 15 is 0 Å². The molecule has 126 valence electrons. The zero-order valence-corrected chi connectivity index (χ0v) is 14.6. The predicted octanol–water partition coefficient (Wildman–Crippen LogP) is 1.05. The number of hydrogen-bond acceptors (Lipinski definition) is 6. The van der Waals surface area contributed by atoms with Crippen LogP contribution in [0, 0.1) is 0 Å². The van der Waals surface area contributed by atoms with Crippen molar-refractivity contribution >= 4 is 16.0 Å². The lowest BCUT2D eigenvalue weighted by Gasteiger charge is -2.15. The van der Waals surface area contributed by atoms with Crippen LogP contribution >= 0.6 is 0 Å². The first-order valence-electron chi connectivity index (χ1n) is 7.29. The Morgan fingerprint density at radius 3 is 2.48 bits per heavy atom. The Morgan fingerprint density at radius 1 is 1.26 bits per heavy atom. The van der Waals surface area contributed by atoms with Gasteiger partial charge in [0.1, 0.15) is 5.82 Å². The summed E-state index contributed by atoms with van der Waals surface area (Å²) in [4.78, 5) is 12.8. The van der Waals surface area contributed by atoms with Crippen LogP contribution in [-0.4, -0.2) is 58.1 Å². The average molecular weight is 338 g/mol. The highest BCUT2D eigenvalue weighted by molar-refractivity contribution is 7.88. The van der Waals surface area contributed by atoms with E-state index in [1.165, 1.54) is 10.6 Å². The van der Waals surface area contributed by atoms with Gasteiger partial charge in [-0.05, 0) is 13.8 Å². The highest BCUT2D eigenvalue weighted by atomic mass is 32.2. The van der Waals surface area contributed by atoms with Crippen molar-refractivity contribution in [1.29, 1.82) is 0 Å². The molecule has 0 aliphatic rings. The minimum atomic E-state index is -3.18. The van der Waals surface area contributed by atoms with Crippen molar-refractivity contribution in [2.24, 2.45) is 0 Å². The van der Waals surface area contributed by atoms with Gasteiger partial charge in [-0.3, -0.25) is 0 Å². The van der Waals surface area contributed by atoms with Gasteiger partial charge in [0, 0.05) is 51.0 Å². The molecular weight excluding hydrogens is 316 g/mol. The van der Waals surface area contributed by atoms with Gasteiger partial charge in [0.25, 0.3) is 0 Å². The molecule has 8 nitrogen and oxygen atoms in total. The largest absolute Gasteiger partial charge is 0.352 e. The molecule has 2 aromatic heterocycles. The number of nitrogens with one attached hydrogen (secondary N) is 1. The maximum Gasteiger partial charge on any atom is 0.222 e. The molecular formula is C14H22N6O2S. The third-order valence-corrected chi connectivity index (χ3v) is 4.58. The molecule has 9 heteroatoms. The molecule has 2 aromatic rings. The van der Waals surface area contributed by atoms with Crippen LogP contribution in [0.1, 0.15) is 13.8 Å². The number of hydrogen-bond donors (Lipinski definition) is 1. The van der Waals surface area contributed by atoms with Gasteiger partial charge in [0.15, 0.2) is 0 Å². The summed E-state index contributed by atoms with van der Waals surface area (Å²) in [7, 11) is -1.63. The van der Waals surface area contributed by atoms with E-state index in [-0.39, 0.29) is 6.04 Å². The number of rotatable bonds is 7. The molecule has 0 saturated heterocycles. The number of anilines is 1. The van der Waals surface area contributed by atoms with Crippen molar-refractivity contribution in [2.45, 2.75) is 26.4 Å². The quantitative estimate of drug-likeness (QED) is 0.811. The van der Waals surface area contributed by atoms with E-state index in [4.69, 9.17) is 0 Å². The SMILES string of the molecule is CC(C)Nc1ncc(-c2nccn2CCN(C)S(C)(=O)=O)cn1. The molecule has 23 heavy (non-hydrogen) atoms. The lowest BCUT2D eigenvalue weighted by atomic mass is 10.3. The minimum absolute atomic E-state index is 0.259. The minimum Gasteiger partial charge on any atom is -0.352 e. The highest BCUT2D eigenvalue weighted by Gasteiger charge is 2.13. The van der Waals surface area contributed by atoms with Crippen molar-refractivity contribution in [3.05, 3.63) is 24.8 Å². The van der Waals surface area contributed by atoms with Crippen molar-refractivity contribution < 1.29 is 8.42 Å². The number of aromatic nitrogens is 4. The number of nitrogens with zero attached hydrogens (tertiary/aromatic N) is 5. The lowest BCUT2D eigenvalue weighted by Crippen LogP contribution is -2.29. The summed E-state index contributed by atoms with van der Waals surface area (Å²) in [6, 6.07) is 0.259. The van der Waals surface area contributed by atoms with Crippen LogP contribution in [-0.2, 0) is 16.6 Å². The van der Waals surface area contributed by atoms with E-state index in [1.807, 2.05) is 24.6 Å². The Kier molecular flexibility index (Phi) is 5.32. The Balaban J connectivity index is 2.11. The van der Waals surface area contributed by atoms with Crippen LogP contribution in [0.4, 0.5) is 5.95 Å². The Labute approximate surface area is 136 Å². The fourth-order valence-corrected chi connectivity index (χ4v) is 2.35. The number of likely N-dealkylation sites (N-methyl/N-ethyl adjacent to an activating group) is 1. The average Bonchev–Trinajstić information content (AvgIpc) is 2.92. The second kappa shape index (κ2) is 7.05. The molecule has 0 radical (unpaired) electrons. The molecule has 0 fully saturated rings. The summed E-state index contributed by atoms with van der Waals surface area (Å²) in [5.74, 6) is 1.28. The van der Waals surface area contributed by atoms with Crippen LogP contribution < -0.4 is 5.32 Å². The molecule has 0 saturated carbocycles. The van der Waals surface area contributed by atoms with E-state index in [0.717, 1.165) is 5.56 Å². The van der Waals surface area contributed by atoms with E-state index in [9.17, 15) is 8.42 Å². The third kappa shape index (κ3) is 4.73. The summed E-state index contributed by atoms with van der Waals surface area (Å²) in [6.45, 7) is 4.91. The van der Waals surface area contributed by atoms with E-state index < -0.39 is 10.0 Å². The van der Waals surface area contributed by atoms with Gasteiger partial charge in [-0.25, -0.2) is 27.7 Å². The molecule has 0 unspecified atom stereocenters. The van der Waals surface area contributed by atoms with Gasteiger partial charge in [-0.2, -0.15) is 0 Å². The summed E-state index contributed by atoms with van der Waals surface area (Å²) in [5.41, 5.74) is 0.784. The maximum absolute atomic E-state index is 11.4. The molecule has 0 bridgehead atoms. The summed E-state index contributed by atoms with van der Waals surface area (Å²) < 4.78 is 26.1. The third-order valence-electron chi connectivity index (χ3n) is 3.27. The van der Waals surface area contributed by atoms with Gasteiger partial charge >= 0.3 is 0 Å². The molecule has 2 heterocycles. The second-order valence-corrected chi connectivity index (χ2v) is 7.71. The molecule has 0 aromatic carbocycles. The van der Waals surface area contributed by atoms with Gasteiger partial charge in [0.2, 0.25) is 16.0 Å². The predicted molar refractivity (Wildman–Crippen MR) is 89.5 cm³/mol. The van der Waals surface area contributed by atoms with E-state index in [1.54, 1.807) is 25.6 Å². The van der Waals surface area contributed by atoms with Crippen LogP contribution in [0.25, 0.3) is 11.4 Å². The monoisotopic (exact) mass is 338 g/mol. The lowest BCUT2D eigenvalue weighted by molar-refractivity contribution is 0.451. The zero-order valence-electron chi connectivity index (χ0n) is 13.8. The maximum atomic E-state index is 11.4. The first-order chi connectivity index (χ1) is 10.8. The molecule has 0 atom stereocenters. The second-order valence-electron chi connectivity index (χ2n) is 5.62. The fourth-order valence-electron chi connectivity index (χ4n) is 1.94. The topological polar surface area (TPSA) is 93.0 Å². The highest BCUT2D eigenvalue weighted by Crippen LogP contribution is 2.16. The van der Waals surface area contributed by atoms with E-state index in [2.05, 4.69) is 20.3 Å². The summed E-state index contributed by atoms with van der Waals surface area (Å²) >= 11 is 0. The molecule has 1 N–H and O–H groups in total. The number of sulfonamides is 1. The first kappa shape index (κ1) is 17.4. The van der Waals surface area contributed by atoms with Crippen molar-refractivity contribution in [3.63, 3.8) is 0 Å². The first-order valence-corrected chi connectivity index (χ1v) is 9.13. The van der Waals surface area contributed by atoms with Crippen molar-refractivity contribution in [2.75, 3.05) is 25.2 Å². The van der Waals surface area contributed by atoms with Gasteiger partial charge in [0.05, 0.1) is 11.8 Å². The van der Waals surface area contributed by atoms with Gasteiger partial charge < -0.3 is 9.88 Å². The Morgan fingerprint density at radius 2 is 1.91 bits per heavy atom. The van der Waals surface area contributed by atoms with Gasteiger partial charge in [-0.1, -0.05) is 0 Å². The van der Waals surface area contributed by atoms with Gasteiger partial charge in [-0.15, -0.1) is 0 Å². The molecule has 2 rings (SSSR count). The Hall–Kier alpha value is -2.00. The Bertz CT molecular complexity index is 739. The van der Waals surface area contributed by atoms with Crippen LogP contribution in [0.3, 0.4) is 0 Å². The summed E-state index contributed by atoms with van der Waals surface area (Å²) in [5, 5.41) is 3.13. The van der Waals surface area contributed by atoms with Crippen molar-refractivity contribution in [3.8, 4) is 11.4 Å². The molecule has 0 amide bonds. The van der Waals surface area contributed by atoms with Crippen LogP contribution in [0.2, 0.25) is 0 Å². The zero-order chi connectivity index (χ0) is 17.0. The van der Waals surface area contributed by atoms with E-state index in [0.29, 0.717) is 24.9 Å². The standard InChI is InChI=1S/C14H22N6O2S/c1-11(2)18-14-16-9-12(10-17-14)13-15-5-6-20(13)8-7-19(3)23(4,21)22/h5-6,9-11H,7-8H2,1-4H3,(H,16,17,18). The normalized spacial score (nSPS) is 12.1.